The van der Waals surface area contributed by atoms with Crippen molar-refractivity contribution in [3.63, 3.8) is 0 Å². The highest BCUT2D eigenvalue weighted by molar-refractivity contribution is 7.12. The lowest BCUT2D eigenvalue weighted by molar-refractivity contribution is -0.129. The Bertz CT molecular complexity index is 837. The number of thiophene rings is 1. The van der Waals surface area contributed by atoms with Gasteiger partial charge in [0, 0.05) is 6.54 Å². The second kappa shape index (κ2) is 7.43. The molecule has 1 amide bonds. The number of β-amino-alcohol motifs (C(OH)–C–C–N with tert-alkyl or cyclic N) is 1. The Morgan fingerprint density at radius 1 is 1.23 bits per heavy atom. The zero-order valence-electron chi connectivity index (χ0n) is 14.7. The Labute approximate surface area is 156 Å². The summed E-state index contributed by atoms with van der Waals surface area (Å²) in [5.74, 6) is -1.16. The van der Waals surface area contributed by atoms with E-state index < -0.39 is 17.7 Å². The summed E-state index contributed by atoms with van der Waals surface area (Å²) < 4.78 is 0. The topological polar surface area (TPSA) is 77.8 Å². The van der Waals surface area contributed by atoms with Crippen molar-refractivity contribution in [3.8, 4) is 0 Å². The zero-order valence-corrected chi connectivity index (χ0v) is 15.5. The minimum absolute atomic E-state index is 0.0424. The number of amides is 1. The Morgan fingerprint density at radius 3 is 2.46 bits per heavy atom. The molecular weight excluding hydrogens is 350 g/mol. The average molecular weight is 371 g/mol. The summed E-state index contributed by atoms with van der Waals surface area (Å²) in [5.41, 5.74) is 1.95. The van der Waals surface area contributed by atoms with Crippen LogP contribution in [-0.4, -0.2) is 40.0 Å². The molecule has 5 nitrogen and oxygen atoms in total. The van der Waals surface area contributed by atoms with Gasteiger partial charge in [-0.3, -0.25) is 9.59 Å². The number of carbonyl (C=O) groups excluding carboxylic acids is 2. The van der Waals surface area contributed by atoms with E-state index >= 15 is 0 Å². The van der Waals surface area contributed by atoms with E-state index in [1.165, 1.54) is 16.2 Å². The van der Waals surface area contributed by atoms with Crippen molar-refractivity contribution in [2.75, 3.05) is 13.2 Å². The Kier molecular flexibility index (Phi) is 5.25. The third kappa shape index (κ3) is 3.18. The van der Waals surface area contributed by atoms with Gasteiger partial charge in [0.1, 0.15) is 0 Å². The maximum absolute atomic E-state index is 12.9. The highest BCUT2D eigenvalue weighted by Gasteiger charge is 2.43. The molecule has 1 unspecified atom stereocenters. The van der Waals surface area contributed by atoms with E-state index in [-0.39, 0.29) is 24.5 Å². The molecule has 1 aliphatic heterocycles. The normalized spacial score (nSPS) is 17.5. The molecule has 1 aromatic heterocycles. The maximum atomic E-state index is 12.9. The first-order chi connectivity index (χ1) is 12.5. The molecule has 0 radical (unpaired) electrons. The van der Waals surface area contributed by atoms with Crippen molar-refractivity contribution < 1.29 is 19.8 Å². The van der Waals surface area contributed by atoms with Gasteiger partial charge in [0.05, 0.1) is 23.1 Å². The smallest absolute Gasteiger partial charge is 0.290 e. The number of aliphatic hydroxyl groups is 2. The third-order valence-corrected chi connectivity index (χ3v) is 5.42. The van der Waals surface area contributed by atoms with E-state index in [0.29, 0.717) is 10.8 Å². The molecule has 3 rings (SSSR count). The van der Waals surface area contributed by atoms with Crippen molar-refractivity contribution in [2.45, 2.75) is 25.8 Å². The first-order valence-electron chi connectivity index (χ1n) is 8.48. The molecule has 2 heterocycles. The molecule has 0 aliphatic carbocycles. The number of nitrogens with zero attached hydrogens (tertiary/aromatic N) is 1. The predicted octanol–water partition coefficient (Wildman–Crippen LogP) is 3.44. The van der Waals surface area contributed by atoms with E-state index in [9.17, 15) is 19.8 Å². The Morgan fingerprint density at radius 2 is 1.92 bits per heavy atom. The summed E-state index contributed by atoms with van der Waals surface area (Å²) in [6, 6.07) is 10.4. The van der Waals surface area contributed by atoms with Crippen LogP contribution in [0.3, 0.4) is 0 Å². The number of ketones is 1. The van der Waals surface area contributed by atoms with Gasteiger partial charge < -0.3 is 15.1 Å². The number of carbonyl (C=O) groups is 2. The van der Waals surface area contributed by atoms with E-state index in [1.54, 1.807) is 17.5 Å². The van der Waals surface area contributed by atoms with Crippen LogP contribution in [0.25, 0.3) is 0 Å². The van der Waals surface area contributed by atoms with Crippen LogP contribution in [0.15, 0.2) is 53.1 Å². The number of hydrogen-bond donors (Lipinski definition) is 2. The van der Waals surface area contributed by atoms with Crippen molar-refractivity contribution in [2.24, 2.45) is 0 Å². The van der Waals surface area contributed by atoms with Gasteiger partial charge in [-0.1, -0.05) is 44.2 Å². The van der Waals surface area contributed by atoms with E-state index in [4.69, 9.17) is 0 Å². The van der Waals surface area contributed by atoms with Crippen LogP contribution >= 0.6 is 11.3 Å². The summed E-state index contributed by atoms with van der Waals surface area (Å²) in [7, 11) is 0. The molecule has 0 spiro atoms. The van der Waals surface area contributed by atoms with Crippen LogP contribution in [0.1, 0.15) is 46.6 Å². The number of rotatable bonds is 6. The van der Waals surface area contributed by atoms with Crippen molar-refractivity contribution >= 4 is 23.0 Å². The maximum Gasteiger partial charge on any atom is 0.290 e. The highest BCUT2D eigenvalue weighted by atomic mass is 32.1. The summed E-state index contributed by atoms with van der Waals surface area (Å²) in [6.45, 7) is 3.97. The van der Waals surface area contributed by atoms with E-state index in [1.807, 2.05) is 24.3 Å². The minimum atomic E-state index is -0.703. The van der Waals surface area contributed by atoms with Gasteiger partial charge in [-0.05, 0) is 28.5 Å². The largest absolute Gasteiger partial charge is 0.503 e. The average Bonchev–Trinajstić information content (AvgIpc) is 3.25. The molecular formula is C20H21NO4S. The number of benzene rings is 1. The van der Waals surface area contributed by atoms with Gasteiger partial charge in [-0.15, -0.1) is 11.3 Å². The molecule has 2 N–H and O–H groups in total. The molecule has 2 aromatic rings. The van der Waals surface area contributed by atoms with Gasteiger partial charge in [0.15, 0.2) is 5.76 Å². The summed E-state index contributed by atoms with van der Waals surface area (Å²) in [4.78, 5) is 27.2. The van der Waals surface area contributed by atoms with E-state index in [0.717, 1.165) is 11.1 Å². The molecule has 136 valence electrons. The third-order valence-electron chi connectivity index (χ3n) is 4.55. The molecule has 1 aliphatic rings. The number of Topliss-reactive ketones (excluding diaryl/α,β-unsaturated/α-hetero) is 1. The first-order valence-corrected chi connectivity index (χ1v) is 9.36. The SMILES string of the molecule is CC(C)c1ccc(C2C(C(=O)c3cccs3)=C(O)C(=O)N2CCO)cc1. The fourth-order valence-electron chi connectivity index (χ4n) is 3.17. The monoisotopic (exact) mass is 371 g/mol. The van der Waals surface area contributed by atoms with Crippen LogP contribution < -0.4 is 0 Å². The summed E-state index contributed by atoms with van der Waals surface area (Å²) >= 11 is 1.27. The molecule has 26 heavy (non-hydrogen) atoms. The Balaban J connectivity index is 2.07. The van der Waals surface area contributed by atoms with Crippen LogP contribution in [0, 0.1) is 0 Å². The summed E-state index contributed by atoms with van der Waals surface area (Å²) in [6.07, 6.45) is 0. The van der Waals surface area contributed by atoms with Gasteiger partial charge in [-0.25, -0.2) is 0 Å². The second-order valence-electron chi connectivity index (χ2n) is 6.51. The fraction of sp³-hybridized carbons (Fsp3) is 0.300. The van der Waals surface area contributed by atoms with E-state index in [2.05, 4.69) is 13.8 Å². The lowest BCUT2D eigenvalue weighted by atomic mass is 9.93. The number of hydrogen-bond acceptors (Lipinski definition) is 5. The van der Waals surface area contributed by atoms with Crippen molar-refractivity contribution in [1.29, 1.82) is 0 Å². The first kappa shape index (κ1) is 18.4. The lowest BCUT2D eigenvalue weighted by Gasteiger charge is -2.26. The molecule has 0 saturated heterocycles. The quantitative estimate of drug-likeness (QED) is 0.763. The van der Waals surface area contributed by atoms with Crippen molar-refractivity contribution in [1.82, 2.24) is 4.90 Å². The molecule has 0 saturated carbocycles. The molecule has 0 bridgehead atoms. The highest BCUT2D eigenvalue weighted by Crippen LogP contribution is 2.39. The second-order valence-corrected chi connectivity index (χ2v) is 7.46. The zero-order chi connectivity index (χ0) is 18.8. The summed E-state index contributed by atoms with van der Waals surface area (Å²) in [5, 5.41) is 21.5. The standard InChI is InChI=1S/C20H21NO4S/c1-12(2)13-5-7-14(8-6-13)17-16(18(23)15-4-3-11-26-15)19(24)20(25)21(17)9-10-22/h3-8,11-12,17,22,24H,9-10H2,1-2H3. The van der Waals surface area contributed by atoms with Crippen LogP contribution in [0.2, 0.25) is 0 Å². The van der Waals surface area contributed by atoms with Crippen LogP contribution in [0.5, 0.6) is 0 Å². The minimum Gasteiger partial charge on any atom is -0.503 e. The van der Waals surface area contributed by atoms with Gasteiger partial charge in [0.25, 0.3) is 5.91 Å². The Hall–Kier alpha value is -2.44. The van der Waals surface area contributed by atoms with Gasteiger partial charge in [-0.2, -0.15) is 0 Å². The van der Waals surface area contributed by atoms with Crippen LogP contribution in [-0.2, 0) is 4.79 Å². The molecule has 1 aromatic carbocycles. The van der Waals surface area contributed by atoms with Crippen LogP contribution in [0.4, 0.5) is 0 Å². The van der Waals surface area contributed by atoms with Gasteiger partial charge >= 0.3 is 0 Å². The van der Waals surface area contributed by atoms with Crippen molar-refractivity contribution in [3.05, 3.63) is 69.1 Å². The molecule has 6 heteroatoms. The molecule has 0 fully saturated rings. The fourth-order valence-corrected chi connectivity index (χ4v) is 3.85. The predicted molar refractivity (Wildman–Crippen MR) is 100 cm³/mol. The van der Waals surface area contributed by atoms with Gasteiger partial charge in [0.2, 0.25) is 5.78 Å². The lowest BCUT2D eigenvalue weighted by Crippen LogP contribution is -2.33. The number of aliphatic hydroxyl groups excluding tert-OH is 2. The molecule has 1 atom stereocenters.